The van der Waals surface area contributed by atoms with Crippen molar-refractivity contribution in [2.24, 2.45) is 12.5 Å². The Balaban J connectivity index is 1.68. The zero-order valence-corrected chi connectivity index (χ0v) is 16.9. The Morgan fingerprint density at radius 3 is 2.31 bits per heavy atom. The SMILES string of the molecule is Cn1cc(C(=O)NNC(=O)c2cccc(NC(=O)C(C)(C)C)c2)c2ccccc21. The van der Waals surface area contributed by atoms with Crippen LogP contribution in [0.4, 0.5) is 5.69 Å². The van der Waals surface area contributed by atoms with Crippen molar-refractivity contribution >= 4 is 34.3 Å². The molecule has 7 nitrogen and oxygen atoms in total. The van der Waals surface area contributed by atoms with Gasteiger partial charge < -0.3 is 9.88 Å². The highest BCUT2D eigenvalue weighted by Crippen LogP contribution is 2.20. The first kappa shape index (κ1) is 20.1. The van der Waals surface area contributed by atoms with E-state index in [1.54, 1.807) is 30.5 Å². The van der Waals surface area contributed by atoms with E-state index in [1.165, 1.54) is 0 Å². The third-order valence-electron chi connectivity index (χ3n) is 4.49. The third kappa shape index (κ3) is 4.45. The van der Waals surface area contributed by atoms with E-state index in [0.29, 0.717) is 16.8 Å². The topological polar surface area (TPSA) is 92.2 Å². The van der Waals surface area contributed by atoms with Gasteiger partial charge in [-0.3, -0.25) is 25.2 Å². The molecule has 3 rings (SSSR count). The van der Waals surface area contributed by atoms with Gasteiger partial charge in [0.25, 0.3) is 11.8 Å². The molecule has 3 aromatic rings. The van der Waals surface area contributed by atoms with Gasteiger partial charge in [-0.25, -0.2) is 0 Å². The van der Waals surface area contributed by atoms with Gasteiger partial charge in [0.15, 0.2) is 0 Å². The van der Waals surface area contributed by atoms with Crippen LogP contribution in [-0.4, -0.2) is 22.3 Å². The smallest absolute Gasteiger partial charge is 0.271 e. The molecule has 0 spiro atoms. The van der Waals surface area contributed by atoms with Crippen LogP contribution >= 0.6 is 0 Å². The molecule has 0 fully saturated rings. The number of anilines is 1. The molecular formula is C22H24N4O3. The number of rotatable bonds is 3. The van der Waals surface area contributed by atoms with Crippen LogP contribution < -0.4 is 16.2 Å². The summed E-state index contributed by atoms with van der Waals surface area (Å²) in [6.45, 7) is 5.42. The number of nitrogens with zero attached hydrogens (tertiary/aromatic N) is 1. The van der Waals surface area contributed by atoms with Crippen LogP contribution in [-0.2, 0) is 11.8 Å². The van der Waals surface area contributed by atoms with Gasteiger partial charge in [0.2, 0.25) is 5.91 Å². The van der Waals surface area contributed by atoms with Crippen molar-refractivity contribution in [1.29, 1.82) is 0 Å². The zero-order valence-electron chi connectivity index (χ0n) is 16.9. The standard InChI is InChI=1S/C22H24N4O3/c1-22(2,3)21(29)23-15-9-7-8-14(12-15)19(27)24-25-20(28)17-13-26(4)18-11-6-5-10-16(17)18/h5-13H,1-4H3,(H,23,29)(H,24,27)(H,25,28). The molecule has 2 aromatic carbocycles. The Morgan fingerprint density at radius 2 is 1.59 bits per heavy atom. The van der Waals surface area contributed by atoms with Crippen molar-refractivity contribution in [1.82, 2.24) is 15.4 Å². The first-order valence-corrected chi connectivity index (χ1v) is 9.23. The van der Waals surface area contributed by atoms with E-state index in [2.05, 4.69) is 16.2 Å². The van der Waals surface area contributed by atoms with E-state index in [1.807, 2.05) is 56.7 Å². The van der Waals surface area contributed by atoms with Crippen molar-refractivity contribution in [3.63, 3.8) is 0 Å². The first-order valence-electron chi connectivity index (χ1n) is 9.23. The Bertz CT molecular complexity index is 1090. The first-order chi connectivity index (χ1) is 13.7. The molecule has 0 saturated carbocycles. The number of aromatic nitrogens is 1. The normalized spacial score (nSPS) is 11.2. The molecule has 150 valence electrons. The van der Waals surface area contributed by atoms with Crippen molar-refractivity contribution in [2.45, 2.75) is 20.8 Å². The maximum Gasteiger partial charge on any atom is 0.271 e. The van der Waals surface area contributed by atoms with E-state index in [-0.39, 0.29) is 5.91 Å². The summed E-state index contributed by atoms with van der Waals surface area (Å²) >= 11 is 0. The number of fused-ring (bicyclic) bond motifs is 1. The summed E-state index contributed by atoms with van der Waals surface area (Å²) in [6.07, 6.45) is 1.72. The van der Waals surface area contributed by atoms with Gasteiger partial charge in [0.05, 0.1) is 5.56 Å². The molecule has 29 heavy (non-hydrogen) atoms. The van der Waals surface area contributed by atoms with Gasteiger partial charge in [0, 0.05) is 40.8 Å². The Hall–Kier alpha value is -3.61. The summed E-state index contributed by atoms with van der Waals surface area (Å²) in [4.78, 5) is 37.1. The maximum atomic E-state index is 12.5. The summed E-state index contributed by atoms with van der Waals surface area (Å²) in [5, 5.41) is 3.58. The molecule has 0 aliphatic rings. The van der Waals surface area contributed by atoms with E-state index >= 15 is 0 Å². The monoisotopic (exact) mass is 392 g/mol. The Morgan fingerprint density at radius 1 is 0.897 bits per heavy atom. The van der Waals surface area contributed by atoms with Crippen LogP contribution in [0.5, 0.6) is 0 Å². The van der Waals surface area contributed by atoms with Crippen LogP contribution in [0.1, 0.15) is 41.5 Å². The number of benzene rings is 2. The summed E-state index contributed by atoms with van der Waals surface area (Å²) in [5.41, 5.74) is 6.54. The maximum absolute atomic E-state index is 12.5. The number of hydrogen-bond donors (Lipinski definition) is 3. The molecule has 7 heteroatoms. The molecule has 1 aromatic heterocycles. The van der Waals surface area contributed by atoms with Crippen molar-refractivity contribution in [2.75, 3.05) is 5.32 Å². The van der Waals surface area contributed by atoms with Gasteiger partial charge in [-0.05, 0) is 24.3 Å². The molecule has 0 aliphatic carbocycles. The zero-order chi connectivity index (χ0) is 21.2. The van der Waals surface area contributed by atoms with Crippen LogP contribution in [0.2, 0.25) is 0 Å². The van der Waals surface area contributed by atoms with Crippen LogP contribution in [0.25, 0.3) is 10.9 Å². The number of para-hydroxylation sites is 1. The number of carbonyl (C=O) groups excluding carboxylic acids is 3. The van der Waals surface area contributed by atoms with E-state index in [9.17, 15) is 14.4 Å². The van der Waals surface area contributed by atoms with Crippen molar-refractivity contribution in [3.8, 4) is 0 Å². The molecular weight excluding hydrogens is 368 g/mol. The average molecular weight is 392 g/mol. The molecule has 3 amide bonds. The highest BCUT2D eigenvalue weighted by Gasteiger charge is 2.21. The fraction of sp³-hybridized carbons (Fsp3) is 0.227. The number of nitrogens with one attached hydrogen (secondary N) is 3. The molecule has 3 N–H and O–H groups in total. The van der Waals surface area contributed by atoms with Gasteiger partial charge in [0.1, 0.15) is 0 Å². The molecule has 0 bridgehead atoms. The predicted molar refractivity (Wildman–Crippen MR) is 112 cm³/mol. The summed E-state index contributed by atoms with van der Waals surface area (Å²) < 4.78 is 1.85. The fourth-order valence-corrected chi connectivity index (χ4v) is 2.83. The fourth-order valence-electron chi connectivity index (χ4n) is 2.83. The molecule has 0 radical (unpaired) electrons. The number of carbonyl (C=O) groups is 3. The average Bonchev–Trinajstić information content (AvgIpc) is 3.02. The van der Waals surface area contributed by atoms with E-state index in [0.717, 1.165) is 10.9 Å². The van der Waals surface area contributed by atoms with Gasteiger partial charge in [-0.1, -0.05) is 45.0 Å². The summed E-state index contributed by atoms with van der Waals surface area (Å²) in [5.74, 6) is -1.04. The third-order valence-corrected chi connectivity index (χ3v) is 4.49. The lowest BCUT2D eigenvalue weighted by Gasteiger charge is -2.18. The lowest BCUT2D eigenvalue weighted by Crippen LogP contribution is -2.41. The Labute approximate surface area is 169 Å². The number of hydrogen-bond acceptors (Lipinski definition) is 3. The second kappa shape index (κ2) is 7.79. The molecule has 0 atom stereocenters. The van der Waals surface area contributed by atoms with Crippen LogP contribution in [0, 0.1) is 5.41 Å². The Kier molecular flexibility index (Phi) is 5.41. The second-order valence-corrected chi connectivity index (χ2v) is 7.86. The number of hydrazine groups is 1. The quantitative estimate of drug-likeness (QED) is 0.598. The second-order valence-electron chi connectivity index (χ2n) is 7.86. The highest BCUT2D eigenvalue weighted by atomic mass is 16.2. The van der Waals surface area contributed by atoms with Gasteiger partial charge in [-0.2, -0.15) is 0 Å². The minimum absolute atomic E-state index is 0.153. The minimum atomic E-state index is -0.551. The number of amides is 3. The van der Waals surface area contributed by atoms with Crippen LogP contribution in [0.15, 0.2) is 54.7 Å². The molecule has 1 heterocycles. The van der Waals surface area contributed by atoms with Crippen molar-refractivity contribution in [3.05, 3.63) is 65.9 Å². The lowest BCUT2D eigenvalue weighted by molar-refractivity contribution is -0.123. The largest absolute Gasteiger partial charge is 0.350 e. The highest BCUT2D eigenvalue weighted by molar-refractivity contribution is 6.08. The number of aryl methyl sites for hydroxylation is 1. The predicted octanol–water partition coefficient (Wildman–Crippen LogP) is 3.24. The molecule has 0 saturated heterocycles. The minimum Gasteiger partial charge on any atom is -0.350 e. The lowest BCUT2D eigenvalue weighted by atomic mass is 9.95. The molecule has 0 unspecified atom stereocenters. The van der Waals surface area contributed by atoms with Gasteiger partial charge >= 0.3 is 0 Å². The van der Waals surface area contributed by atoms with Crippen LogP contribution in [0.3, 0.4) is 0 Å². The molecule has 0 aliphatic heterocycles. The summed E-state index contributed by atoms with van der Waals surface area (Å²) in [7, 11) is 1.86. The van der Waals surface area contributed by atoms with E-state index < -0.39 is 17.2 Å². The van der Waals surface area contributed by atoms with Gasteiger partial charge in [-0.15, -0.1) is 0 Å². The van der Waals surface area contributed by atoms with E-state index in [4.69, 9.17) is 0 Å². The summed E-state index contributed by atoms with van der Waals surface area (Å²) in [6, 6.07) is 14.1. The van der Waals surface area contributed by atoms with Crippen molar-refractivity contribution < 1.29 is 14.4 Å².